The zero-order valence-electron chi connectivity index (χ0n) is 20.1. The molecule has 5 rings (SSSR count). The van der Waals surface area contributed by atoms with Gasteiger partial charge >= 0.3 is 0 Å². The number of para-hydroxylation sites is 1. The molecule has 0 spiro atoms. The van der Waals surface area contributed by atoms with E-state index in [1.54, 1.807) is 24.1 Å². The molecule has 0 saturated heterocycles. The van der Waals surface area contributed by atoms with E-state index < -0.39 is 6.04 Å². The number of hydrogen-bond donors (Lipinski definition) is 2. The van der Waals surface area contributed by atoms with Crippen molar-refractivity contribution in [3.8, 4) is 5.75 Å². The third-order valence-electron chi connectivity index (χ3n) is 7.02. The molecule has 0 saturated carbocycles. The van der Waals surface area contributed by atoms with Crippen molar-refractivity contribution >= 4 is 28.4 Å². The van der Waals surface area contributed by atoms with Gasteiger partial charge in [0.15, 0.2) is 0 Å². The summed E-state index contributed by atoms with van der Waals surface area (Å²) < 4.78 is 5.23. The zero-order valence-corrected chi connectivity index (χ0v) is 20.1. The van der Waals surface area contributed by atoms with Gasteiger partial charge in [0, 0.05) is 33.9 Å². The third kappa shape index (κ3) is 3.95. The van der Waals surface area contributed by atoms with Crippen molar-refractivity contribution in [2.24, 2.45) is 5.92 Å². The van der Waals surface area contributed by atoms with E-state index in [4.69, 9.17) is 4.74 Å². The smallest absolute Gasteiger partial charge is 0.255 e. The van der Waals surface area contributed by atoms with E-state index in [2.05, 4.69) is 16.4 Å². The molecule has 178 valence electrons. The highest BCUT2D eigenvalue weighted by Gasteiger charge is 2.46. The molecule has 0 bridgehead atoms. The Morgan fingerprint density at radius 1 is 1.03 bits per heavy atom. The van der Waals surface area contributed by atoms with Gasteiger partial charge in [0.2, 0.25) is 5.91 Å². The molecular weight excluding hydrogens is 438 g/mol. The Balaban J connectivity index is 1.59. The molecule has 0 fully saturated rings. The minimum atomic E-state index is -0.652. The molecule has 6 heteroatoms. The van der Waals surface area contributed by atoms with Crippen molar-refractivity contribution in [2.75, 3.05) is 12.4 Å². The number of anilines is 1. The first-order valence-electron chi connectivity index (χ1n) is 12.0. The average Bonchev–Trinajstić information content (AvgIpc) is 3.43. The molecule has 3 aromatic carbocycles. The quantitative estimate of drug-likeness (QED) is 0.362. The van der Waals surface area contributed by atoms with Gasteiger partial charge in [-0.3, -0.25) is 9.59 Å². The SMILES string of the molecule is CCC(C)C(C(=O)Nc1ccc(OC)cc1)N1C(=O)c2ccccc2C1c1c[nH]c2ccccc12. The predicted octanol–water partition coefficient (Wildman–Crippen LogP) is 5.78. The first-order chi connectivity index (χ1) is 17.0. The number of nitrogens with one attached hydrogen (secondary N) is 2. The number of amides is 2. The fourth-order valence-corrected chi connectivity index (χ4v) is 5.03. The number of rotatable bonds is 7. The number of methoxy groups -OCH3 is 1. The molecule has 0 aliphatic carbocycles. The average molecular weight is 468 g/mol. The van der Waals surface area contributed by atoms with Crippen molar-refractivity contribution in [1.29, 1.82) is 0 Å². The summed E-state index contributed by atoms with van der Waals surface area (Å²) in [5, 5.41) is 4.09. The lowest BCUT2D eigenvalue weighted by Crippen LogP contribution is -2.49. The molecule has 3 atom stereocenters. The van der Waals surface area contributed by atoms with Gasteiger partial charge in [-0.25, -0.2) is 0 Å². The Morgan fingerprint density at radius 3 is 2.49 bits per heavy atom. The van der Waals surface area contributed by atoms with Crippen LogP contribution in [-0.4, -0.2) is 34.8 Å². The fourth-order valence-electron chi connectivity index (χ4n) is 5.03. The number of fused-ring (bicyclic) bond motifs is 2. The summed E-state index contributed by atoms with van der Waals surface area (Å²) in [5.74, 6) is 0.340. The van der Waals surface area contributed by atoms with E-state index >= 15 is 0 Å². The van der Waals surface area contributed by atoms with Crippen LogP contribution in [0.15, 0.2) is 79.0 Å². The molecule has 0 radical (unpaired) electrons. The summed E-state index contributed by atoms with van der Waals surface area (Å²) in [6, 6.07) is 21.9. The maximum absolute atomic E-state index is 13.9. The second-order valence-corrected chi connectivity index (χ2v) is 9.04. The van der Waals surface area contributed by atoms with Crippen LogP contribution < -0.4 is 10.1 Å². The van der Waals surface area contributed by atoms with Gasteiger partial charge in [-0.05, 0) is 47.9 Å². The predicted molar refractivity (Wildman–Crippen MR) is 138 cm³/mol. The monoisotopic (exact) mass is 467 g/mol. The molecule has 3 unspecified atom stereocenters. The zero-order chi connectivity index (χ0) is 24.5. The van der Waals surface area contributed by atoms with Crippen LogP contribution in [0.5, 0.6) is 5.75 Å². The Bertz CT molecular complexity index is 1380. The highest BCUT2D eigenvalue weighted by atomic mass is 16.5. The number of aromatic nitrogens is 1. The third-order valence-corrected chi connectivity index (χ3v) is 7.02. The molecule has 4 aromatic rings. The molecule has 1 aliphatic heterocycles. The van der Waals surface area contributed by atoms with Crippen LogP contribution in [0.2, 0.25) is 0 Å². The molecule has 6 nitrogen and oxygen atoms in total. The molecule has 35 heavy (non-hydrogen) atoms. The summed E-state index contributed by atoms with van der Waals surface area (Å²) in [6.07, 6.45) is 2.72. The topological polar surface area (TPSA) is 74.4 Å². The number of aromatic amines is 1. The molecule has 2 heterocycles. The van der Waals surface area contributed by atoms with Gasteiger partial charge < -0.3 is 19.9 Å². The maximum atomic E-state index is 13.9. The van der Waals surface area contributed by atoms with E-state index in [-0.39, 0.29) is 23.8 Å². The summed E-state index contributed by atoms with van der Waals surface area (Å²) >= 11 is 0. The van der Waals surface area contributed by atoms with Crippen LogP contribution in [0.3, 0.4) is 0 Å². The Labute approximate surface area is 204 Å². The van der Waals surface area contributed by atoms with Crippen LogP contribution in [0.25, 0.3) is 10.9 Å². The summed E-state index contributed by atoms with van der Waals surface area (Å²) in [6.45, 7) is 4.08. The number of ether oxygens (including phenoxy) is 1. The first-order valence-corrected chi connectivity index (χ1v) is 12.0. The molecule has 1 aromatic heterocycles. The van der Waals surface area contributed by atoms with E-state index in [1.807, 2.05) is 74.6 Å². The number of H-pyrrole nitrogens is 1. The van der Waals surface area contributed by atoms with Gasteiger partial charge in [-0.1, -0.05) is 56.7 Å². The lowest BCUT2D eigenvalue weighted by atomic mass is 9.92. The van der Waals surface area contributed by atoms with Crippen molar-refractivity contribution in [1.82, 2.24) is 9.88 Å². The van der Waals surface area contributed by atoms with Crippen molar-refractivity contribution in [2.45, 2.75) is 32.4 Å². The molecule has 2 amide bonds. The number of carbonyl (C=O) groups excluding carboxylic acids is 2. The van der Waals surface area contributed by atoms with Gasteiger partial charge in [-0.2, -0.15) is 0 Å². The number of nitrogens with zero attached hydrogens (tertiary/aromatic N) is 1. The Hall–Kier alpha value is -4.06. The second-order valence-electron chi connectivity index (χ2n) is 9.04. The van der Waals surface area contributed by atoms with E-state index in [9.17, 15) is 9.59 Å². The fraction of sp³-hybridized carbons (Fsp3) is 0.241. The number of carbonyl (C=O) groups is 2. The molecule has 1 aliphatic rings. The molecule has 2 N–H and O–H groups in total. The van der Waals surface area contributed by atoms with Crippen LogP contribution in [0.4, 0.5) is 5.69 Å². The van der Waals surface area contributed by atoms with Gasteiger partial charge in [0.1, 0.15) is 11.8 Å². The standard InChI is InChI=1S/C29H29N3O3/c1-4-18(2)26(28(33)31-19-13-15-20(35-3)16-14-19)32-27(22-10-5-6-11-23(22)29(32)34)24-17-30-25-12-8-7-9-21(24)25/h5-18,26-27,30H,4H2,1-3H3,(H,31,33). The Morgan fingerprint density at radius 2 is 1.74 bits per heavy atom. The highest BCUT2D eigenvalue weighted by molar-refractivity contribution is 6.05. The van der Waals surface area contributed by atoms with E-state index in [1.165, 1.54) is 0 Å². The molecular formula is C29H29N3O3. The largest absolute Gasteiger partial charge is 0.497 e. The highest BCUT2D eigenvalue weighted by Crippen LogP contribution is 2.43. The second kappa shape index (κ2) is 9.29. The summed E-state index contributed by atoms with van der Waals surface area (Å²) in [4.78, 5) is 32.8. The van der Waals surface area contributed by atoms with Crippen molar-refractivity contribution < 1.29 is 14.3 Å². The van der Waals surface area contributed by atoms with Gasteiger partial charge in [-0.15, -0.1) is 0 Å². The lowest BCUT2D eigenvalue weighted by Gasteiger charge is -2.36. The minimum Gasteiger partial charge on any atom is -0.497 e. The Kier molecular flexibility index (Phi) is 6.03. The van der Waals surface area contributed by atoms with Crippen LogP contribution in [0.1, 0.15) is 47.8 Å². The summed E-state index contributed by atoms with van der Waals surface area (Å²) in [5.41, 5.74) is 4.23. The van der Waals surface area contributed by atoms with Crippen molar-refractivity contribution in [3.05, 3.63) is 95.7 Å². The first kappa shape index (κ1) is 22.7. The number of benzene rings is 3. The number of hydrogen-bond acceptors (Lipinski definition) is 3. The maximum Gasteiger partial charge on any atom is 0.255 e. The van der Waals surface area contributed by atoms with E-state index in [0.29, 0.717) is 17.0 Å². The van der Waals surface area contributed by atoms with E-state index in [0.717, 1.165) is 28.5 Å². The lowest BCUT2D eigenvalue weighted by molar-refractivity contribution is -0.122. The van der Waals surface area contributed by atoms with Crippen LogP contribution in [0, 0.1) is 5.92 Å². The normalized spacial score (nSPS) is 16.7. The van der Waals surface area contributed by atoms with Crippen LogP contribution >= 0.6 is 0 Å². The van der Waals surface area contributed by atoms with Gasteiger partial charge in [0.25, 0.3) is 5.91 Å². The summed E-state index contributed by atoms with van der Waals surface area (Å²) in [7, 11) is 1.61. The van der Waals surface area contributed by atoms with Crippen molar-refractivity contribution in [3.63, 3.8) is 0 Å². The van der Waals surface area contributed by atoms with Gasteiger partial charge in [0.05, 0.1) is 13.2 Å². The van der Waals surface area contributed by atoms with Crippen LogP contribution in [-0.2, 0) is 4.79 Å². The minimum absolute atomic E-state index is 0.0563.